The fraction of sp³-hybridized carbons (Fsp3) is 0.500. The predicted molar refractivity (Wildman–Crippen MR) is 181 cm³/mol. The van der Waals surface area contributed by atoms with Crippen molar-refractivity contribution in [2.45, 2.75) is 90.3 Å². The smallest absolute Gasteiger partial charge is 0.408 e. The average molecular weight is 654 g/mol. The number of hydrogen-bond acceptors (Lipinski definition) is 7. The van der Waals surface area contributed by atoms with Gasteiger partial charge in [-0.1, -0.05) is 74.5 Å². The van der Waals surface area contributed by atoms with Gasteiger partial charge in [0.2, 0.25) is 17.7 Å². The van der Waals surface area contributed by atoms with E-state index in [1.165, 1.54) is 6.92 Å². The number of aliphatic imine (C=N–C) groups is 1. The number of carbonyl (C=O) groups is 4. The number of nitrogens with one attached hydrogen (secondary N) is 3. The van der Waals surface area contributed by atoms with Crippen molar-refractivity contribution in [1.29, 1.82) is 0 Å². The van der Waals surface area contributed by atoms with Crippen molar-refractivity contribution in [1.82, 2.24) is 20.9 Å². The van der Waals surface area contributed by atoms with Gasteiger partial charge in [0.15, 0.2) is 5.96 Å². The molecule has 0 aromatic heterocycles. The van der Waals surface area contributed by atoms with E-state index in [-0.39, 0.29) is 49.8 Å². The minimum absolute atomic E-state index is 0.0108. The number of amides is 4. The number of benzene rings is 2. The molecule has 0 saturated heterocycles. The summed E-state index contributed by atoms with van der Waals surface area (Å²) >= 11 is 0. The number of rotatable bonds is 18. The predicted octanol–water partition coefficient (Wildman–Crippen LogP) is 2.34. The molecule has 47 heavy (non-hydrogen) atoms. The maximum Gasteiger partial charge on any atom is 0.408 e. The highest BCUT2D eigenvalue weighted by atomic mass is 16.5. The normalized spacial score (nSPS) is 14.1. The van der Waals surface area contributed by atoms with Crippen molar-refractivity contribution in [2.75, 3.05) is 13.6 Å². The van der Waals surface area contributed by atoms with Crippen LogP contribution in [0.3, 0.4) is 0 Å². The molecule has 0 aliphatic rings. The summed E-state index contributed by atoms with van der Waals surface area (Å²) in [5.41, 5.74) is 12.5. The number of nitrogens with zero attached hydrogens (tertiary/aromatic N) is 2. The van der Waals surface area contributed by atoms with Gasteiger partial charge in [-0.15, -0.1) is 0 Å². The van der Waals surface area contributed by atoms with Crippen LogP contribution < -0.4 is 27.4 Å². The standard InChI is InChI=1S/C34H51N7O6/c1-22(2)19-28(29(42)20-30(43)41(5)24(4)26-15-10-7-11-16-26)39-31(44)23(3)38-32(45)27(17-12-18-37-33(35)36)40-34(46)47-21-25-13-8-6-9-14-25/h6-11,13-16,22-24,27-29,42H,12,17-21H2,1-5H3,(H,38,45)(H,39,44)(H,40,46)(H4,35,36,37)/t23-,24?,27-,28-,29-/m0/s1. The highest BCUT2D eigenvalue weighted by Crippen LogP contribution is 2.20. The first-order valence-electron chi connectivity index (χ1n) is 15.9. The Morgan fingerprint density at radius 2 is 1.51 bits per heavy atom. The lowest BCUT2D eigenvalue weighted by Gasteiger charge is -2.30. The molecule has 0 radical (unpaired) electrons. The summed E-state index contributed by atoms with van der Waals surface area (Å²) in [5.74, 6) is -1.43. The number of carbonyl (C=O) groups excluding carboxylic acids is 4. The van der Waals surface area contributed by atoms with Crippen molar-refractivity contribution in [3.63, 3.8) is 0 Å². The number of aliphatic hydroxyl groups is 1. The molecular weight excluding hydrogens is 602 g/mol. The number of alkyl carbamates (subject to hydrolysis) is 1. The molecule has 2 rings (SSSR count). The minimum atomic E-state index is -1.16. The van der Waals surface area contributed by atoms with Crippen molar-refractivity contribution in [3.05, 3.63) is 71.8 Å². The monoisotopic (exact) mass is 653 g/mol. The number of aliphatic hydroxyl groups excluding tert-OH is 1. The van der Waals surface area contributed by atoms with E-state index in [9.17, 15) is 24.3 Å². The van der Waals surface area contributed by atoms with E-state index >= 15 is 0 Å². The van der Waals surface area contributed by atoms with Crippen LogP contribution in [0.1, 0.15) is 70.5 Å². The van der Waals surface area contributed by atoms with Gasteiger partial charge in [-0.25, -0.2) is 4.79 Å². The van der Waals surface area contributed by atoms with E-state index in [4.69, 9.17) is 16.2 Å². The van der Waals surface area contributed by atoms with Crippen LogP contribution in [0.25, 0.3) is 0 Å². The zero-order valence-corrected chi connectivity index (χ0v) is 28.0. The Bertz CT molecular complexity index is 1300. The lowest BCUT2D eigenvalue weighted by Crippen LogP contribution is -2.55. The molecule has 8 N–H and O–H groups in total. The van der Waals surface area contributed by atoms with Gasteiger partial charge in [0.1, 0.15) is 18.7 Å². The number of ether oxygens (including phenoxy) is 1. The maximum absolute atomic E-state index is 13.2. The second-order valence-corrected chi connectivity index (χ2v) is 12.0. The van der Waals surface area contributed by atoms with Gasteiger partial charge in [0.05, 0.1) is 24.6 Å². The first kappa shape index (κ1) is 38.5. The Morgan fingerprint density at radius 3 is 2.11 bits per heavy atom. The summed E-state index contributed by atoms with van der Waals surface area (Å²) in [6.07, 6.45) is -1.22. The Hall–Kier alpha value is -4.65. The summed E-state index contributed by atoms with van der Waals surface area (Å²) in [4.78, 5) is 57.6. The fourth-order valence-corrected chi connectivity index (χ4v) is 4.82. The third-order valence-electron chi connectivity index (χ3n) is 7.68. The van der Waals surface area contributed by atoms with E-state index in [0.717, 1.165) is 11.1 Å². The summed E-state index contributed by atoms with van der Waals surface area (Å²) in [6.45, 7) is 7.53. The van der Waals surface area contributed by atoms with Gasteiger partial charge in [0, 0.05) is 13.6 Å². The van der Waals surface area contributed by atoms with Crippen LogP contribution in [0.5, 0.6) is 0 Å². The van der Waals surface area contributed by atoms with E-state index < -0.39 is 42.1 Å². The topological polar surface area (TPSA) is 201 Å². The lowest BCUT2D eigenvalue weighted by atomic mass is 9.96. The third-order valence-corrected chi connectivity index (χ3v) is 7.68. The molecule has 4 amide bonds. The fourth-order valence-electron chi connectivity index (χ4n) is 4.82. The molecule has 0 aliphatic heterocycles. The van der Waals surface area contributed by atoms with Crippen molar-refractivity contribution < 1.29 is 29.0 Å². The number of guanidine groups is 1. The highest BCUT2D eigenvalue weighted by Gasteiger charge is 2.30. The largest absolute Gasteiger partial charge is 0.445 e. The van der Waals surface area contributed by atoms with Gasteiger partial charge in [-0.3, -0.25) is 19.4 Å². The molecule has 13 nitrogen and oxygen atoms in total. The lowest BCUT2D eigenvalue weighted by molar-refractivity contribution is -0.135. The van der Waals surface area contributed by atoms with Crippen LogP contribution in [0.2, 0.25) is 0 Å². The van der Waals surface area contributed by atoms with E-state index in [2.05, 4.69) is 20.9 Å². The van der Waals surface area contributed by atoms with Crippen molar-refractivity contribution in [3.8, 4) is 0 Å². The van der Waals surface area contributed by atoms with Crippen LogP contribution in [-0.4, -0.2) is 77.6 Å². The summed E-state index contributed by atoms with van der Waals surface area (Å²) in [7, 11) is 1.68. The number of hydrogen-bond donors (Lipinski definition) is 6. The van der Waals surface area contributed by atoms with Gasteiger partial charge in [0.25, 0.3) is 0 Å². The molecule has 0 bridgehead atoms. The van der Waals surface area contributed by atoms with Crippen LogP contribution >= 0.6 is 0 Å². The summed E-state index contributed by atoms with van der Waals surface area (Å²) in [6, 6.07) is 15.6. The van der Waals surface area contributed by atoms with Crippen LogP contribution in [-0.2, 0) is 25.7 Å². The Morgan fingerprint density at radius 1 is 0.894 bits per heavy atom. The average Bonchev–Trinajstić information content (AvgIpc) is 3.04. The molecule has 5 atom stereocenters. The zero-order chi connectivity index (χ0) is 34.9. The Labute approximate surface area is 277 Å². The van der Waals surface area contributed by atoms with Gasteiger partial charge < -0.3 is 42.2 Å². The van der Waals surface area contributed by atoms with Crippen LogP contribution in [0, 0.1) is 5.92 Å². The SMILES string of the molecule is CC(C)C[C@H](NC(=O)[C@H](C)NC(=O)[C@H](CCCN=C(N)N)NC(=O)OCc1ccccc1)[C@@H](O)CC(=O)N(C)C(C)c1ccccc1. The second kappa shape index (κ2) is 19.8. The molecule has 0 heterocycles. The van der Waals surface area contributed by atoms with Crippen LogP contribution in [0.4, 0.5) is 4.79 Å². The summed E-state index contributed by atoms with van der Waals surface area (Å²) < 4.78 is 5.27. The second-order valence-electron chi connectivity index (χ2n) is 12.0. The van der Waals surface area contributed by atoms with E-state index in [1.54, 1.807) is 24.1 Å². The van der Waals surface area contributed by atoms with Crippen LogP contribution in [0.15, 0.2) is 65.7 Å². The Balaban J connectivity index is 2.03. The molecule has 0 aliphatic carbocycles. The van der Waals surface area contributed by atoms with Gasteiger partial charge >= 0.3 is 6.09 Å². The third kappa shape index (κ3) is 14.1. The molecule has 0 saturated carbocycles. The van der Waals surface area contributed by atoms with Crippen molar-refractivity contribution in [2.24, 2.45) is 22.4 Å². The molecule has 13 heteroatoms. The first-order valence-corrected chi connectivity index (χ1v) is 15.9. The number of nitrogens with two attached hydrogens (primary N) is 2. The summed E-state index contributed by atoms with van der Waals surface area (Å²) in [5, 5.41) is 19.1. The quantitative estimate of drug-likeness (QED) is 0.0799. The molecule has 258 valence electrons. The van der Waals surface area contributed by atoms with Gasteiger partial charge in [-0.05, 0) is 50.2 Å². The molecule has 2 aromatic carbocycles. The molecular formula is C34H51N7O6. The van der Waals surface area contributed by atoms with Gasteiger partial charge in [-0.2, -0.15) is 0 Å². The molecule has 1 unspecified atom stereocenters. The Kier molecular flexibility index (Phi) is 16.2. The highest BCUT2D eigenvalue weighted by molar-refractivity contribution is 5.91. The maximum atomic E-state index is 13.2. The van der Waals surface area contributed by atoms with E-state index in [0.29, 0.717) is 12.8 Å². The minimum Gasteiger partial charge on any atom is -0.445 e. The first-order chi connectivity index (χ1) is 22.3. The molecule has 0 fully saturated rings. The van der Waals surface area contributed by atoms with Crippen molar-refractivity contribution >= 4 is 29.8 Å². The zero-order valence-electron chi connectivity index (χ0n) is 28.0. The molecule has 2 aromatic rings. The molecule has 0 spiro atoms. The van der Waals surface area contributed by atoms with E-state index in [1.807, 2.05) is 69.3 Å².